The Morgan fingerprint density at radius 2 is 1.65 bits per heavy atom. The molecule has 0 saturated heterocycles. The van der Waals surface area contributed by atoms with Crippen molar-refractivity contribution in [3.8, 4) is 17.0 Å². The molecule has 2 atom stereocenters. The van der Waals surface area contributed by atoms with E-state index in [1.54, 1.807) is 44.2 Å². The van der Waals surface area contributed by atoms with Crippen LogP contribution in [-0.2, 0) is 22.2 Å². The molecule has 0 fully saturated rings. The lowest BCUT2D eigenvalue weighted by atomic mass is 9.82. The Bertz CT molecular complexity index is 1170. The number of primary amides is 1. The minimum Gasteiger partial charge on any atom is -0.478 e. The Hall–Kier alpha value is -3.88. The van der Waals surface area contributed by atoms with E-state index in [9.17, 15) is 27.9 Å². The molecule has 3 rings (SSSR count). The van der Waals surface area contributed by atoms with Gasteiger partial charge in [-0.1, -0.05) is 43.3 Å². The van der Waals surface area contributed by atoms with Gasteiger partial charge in [0.15, 0.2) is 0 Å². The van der Waals surface area contributed by atoms with E-state index in [1.807, 2.05) is 0 Å². The molecule has 2 unspecified atom stereocenters. The molecule has 3 aromatic rings. The maximum Gasteiger partial charge on any atom is 0.416 e. The number of aromatic nitrogens is 1. The highest BCUT2D eigenvalue weighted by atomic mass is 19.4. The van der Waals surface area contributed by atoms with Gasteiger partial charge in [0.2, 0.25) is 0 Å². The van der Waals surface area contributed by atoms with Crippen molar-refractivity contribution in [3.05, 3.63) is 83.6 Å². The van der Waals surface area contributed by atoms with Gasteiger partial charge in [-0.3, -0.25) is 9.78 Å². The number of carboxylic acids is 1. The van der Waals surface area contributed by atoms with E-state index in [2.05, 4.69) is 4.98 Å². The zero-order chi connectivity index (χ0) is 25.1. The molecule has 0 spiro atoms. The number of nitrogens with zero attached hydrogens (tertiary/aromatic N) is 1. The minimum absolute atomic E-state index is 0.105. The summed E-state index contributed by atoms with van der Waals surface area (Å²) in [6, 6.07) is 16.0. The highest BCUT2D eigenvalue weighted by Crippen LogP contribution is 2.32. The van der Waals surface area contributed by atoms with E-state index in [0.29, 0.717) is 22.5 Å². The number of rotatable bonds is 8. The topological polar surface area (TPSA) is 103 Å². The van der Waals surface area contributed by atoms with Crippen molar-refractivity contribution in [1.82, 2.24) is 4.98 Å². The van der Waals surface area contributed by atoms with Crippen LogP contribution >= 0.6 is 0 Å². The molecule has 0 bridgehead atoms. The molecule has 1 heterocycles. The Balaban J connectivity index is 1.88. The third-order valence-electron chi connectivity index (χ3n) is 5.63. The monoisotopic (exact) mass is 472 g/mol. The third-order valence-corrected chi connectivity index (χ3v) is 5.63. The lowest BCUT2D eigenvalue weighted by Crippen LogP contribution is -2.60. The summed E-state index contributed by atoms with van der Waals surface area (Å²) >= 11 is 0. The molecule has 34 heavy (non-hydrogen) atoms. The van der Waals surface area contributed by atoms with Crippen LogP contribution in [-0.4, -0.2) is 27.6 Å². The molecule has 3 N–H and O–H groups in total. The number of aryl methyl sites for hydroxylation is 1. The number of carbonyl (C=O) groups excluding carboxylic acids is 1. The molecule has 178 valence electrons. The van der Waals surface area contributed by atoms with Crippen molar-refractivity contribution in [3.63, 3.8) is 0 Å². The standard InChI is InChI=1S/C25H23F3N2O4/c1-15(24(22(29)31,23(32)33)34-20-6-4-3-5-7-20)14-18-10-13-21(30-16(18)2)17-8-11-19(12-9-17)25(26,27)28/h3-13,15H,14H2,1-2H3,(H2,29,31)(H,32,33). The average Bonchev–Trinajstić information content (AvgIpc) is 2.78. The van der Waals surface area contributed by atoms with Crippen molar-refractivity contribution in [1.29, 1.82) is 0 Å². The van der Waals surface area contributed by atoms with Gasteiger partial charge in [-0.2, -0.15) is 13.2 Å². The van der Waals surface area contributed by atoms with Gasteiger partial charge in [0.1, 0.15) is 5.75 Å². The Morgan fingerprint density at radius 1 is 1.03 bits per heavy atom. The average molecular weight is 472 g/mol. The summed E-state index contributed by atoms with van der Waals surface area (Å²) in [6.45, 7) is 3.24. The number of alkyl halides is 3. The molecule has 0 aliphatic carbocycles. The van der Waals surface area contributed by atoms with Gasteiger partial charge < -0.3 is 15.6 Å². The molecule has 6 nitrogen and oxygen atoms in total. The second kappa shape index (κ2) is 9.54. The van der Waals surface area contributed by atoms with E-state index < -0.39 is 35.1 Å². The molecule has 1 aromatic heterocycles. The van der Waals surface area contributed by atoms with Crippen LogP contribution in [0.25, 0.3) is 11.3 Å². The number of carboxylic acid groups (broad SMARTS) is 1. The summed E-state index contributed by atoms with van der Waals surface area (Å²) in [6.07, 6.45) is -4.32. The van der Waals surface area contributed by atoms with Crippen LogP contribution < -0.4 is 10.5 Å². The van der Waals surface area contributed by atoms with Gasteiger partial charge in [0.25, 0.3) is 11.5 Å². The Kier molecular flexibility index (Phi) is 6.95. The SMILES string of the molecule is Cc1nc(-c2ccc(C(F)(F)F)cc2)ccc1CC(C)C(Oc1ccccc1)(C(N)=O)C(=O)O. The predicted molar refractivity (Wildman–Crippen MR) is 119 cm³/mol. The quantitative estimate of drug-likeness (QED) is 0.465. The fraction of sp³-hybridized carbons (Fsp3) is 0.240. The molecule has 0 aliphatic rings. The van der Waals surface area contributed by atoms with Crippen LogP contribution in [0, 0.1) is 12.8 Å². The van der Waals surface area contributed by atoms with Crippen molar-refractivity contribution < 1.29 is 32.6 Å². The zero-order valence-corrected chi connectivity index (χ0v) is 18.5. The number of hydrogen-bond acceptors (Lipinski definition) is 4. The fourth-order valence-electron chi connectivity index (χ4n) is 3.70. The first-order valence-electron chi connectivity index (χ1n) is 10.4. The van der Waals surface area contributed by atoms with Gasteiger partial charge in [-0.05, 0) is 49.2 Å². The van der Waals surface area contributed by atoms with E-state index in [0.717, 1.165) is 12.1 Å². The largest absolute Gasteiger partial charge is 0.478 e. The fourth-order valence-corrected chi connectivity index (χ4v) is 3.70. The summed E-state index contributed by atoms with van der Waals surface area (Å²) in [5, 5.41) is 9.92. The maximum absolute atomic E-state index is 12.8. The molecule has 1 amide bonds. The number of pyridine rings is 1. The van der Waals surface area contributed by atoms with Crippen molar-refractivity contribution in [2.75, 3.05) is 0 Å². The summed E-state index contributed by atoms with van der Waals surface area (Å²) < 4.78 is 44.1. The van der Waals surface area contributed by atoms with Crippen molar-refractivity contribution >= 4 is 11.9 Å². The number of halogens is 3. The molecular formula is C25H23F3N2O4. The number of nitrogens with two attached hydrogens (primary N) is 1. The second-order valence-corrected chi connectivity index (χ2v) is 7.94. The number of hydrogen-bond donors (Lipinski definition) is 2. The van der Waals surface area contributed by atoms with Crippen LogP contribution in [0.4, 0.5) is 13.2 Å². The highest BCUT2D eigenvalue weighted by Gasteiger charge is 2.52. The van der Waals surface area contributed by atoms with Crippen LogP contribution in [0.15, 0.2) is 66.7 Å². The maximum atomic E-state index is 12.8. The first-order chi connectivity index (χ1) is 15.9. The van der Waals surface area contributed by atoms with Gasteiger partial charge >= 0.3 is 12.1 Å². The first kappa shape index (κ1) is 24.8. The molecule has 9 heteroatoms. The lowest BCUT2D eigenvalue weighted by molar-refractivity contribution is -0.166. The summed E-state index contributed by atoms with van der Waals surface area (Å²) in [5.41, 5.74) is 4.58. The summed E-state index contributed by atoms with van der Waals surface area (Å²) in [4.78, 5) is 29.0. The first-order valence-corrected chi connectivity index (χ1v) is 10.4. The van der Waals surface area contributed by atoms with Gasteiger partial charge in [0.05, 0.1) is 11.3 Å². The molecular weight excluding hydrogens is 449 g/mol. The van der Waals surface area contributed by atoms with E-state index in [1.165, 1.54) is 24.3 Å². The number of amides is 1. The Labute approximate surface area is 194 Å². The predicted octanol–water partition coefficient (Wildman–Crippen LogP) is 4.64. The number of benzene rings is 2. The summed E-state index contributed by atoms with van der Waals surface area (Å²) in [5.74, 6) is -3.34. The van der Waals surface area contributed by atoms with Crippen molar-refractivity contribution in [2.45, 2.75) is 32.0 Å². The second-order valence-electron chi connectivity index (χ2n) is 7.94. The lowest BCUT2D eigenvalue weighted by Gasteiger charge is -2.33. The van der Waals surface area contributed by atoms with E-state index >= 15 is 0 Å². The van der Waals surface area contributed by atoms with E-state index in [-0.39, 0.29) is 12.2 Å². The molecule has 0 saturated carbocycles. The molecule has 2 aromatic carbocycles. The van der Waals surface area contributed by atoms with Crippen LogP contribution in [0.1, 0.15) is 23.7 Å². The summed E-state index contributed by atoms with van der Waals surface area (Å²) in [7, 11) is 0. The van der Waals surface area contributed by atoms with Crippen LogP contribution in [0.2, 0.25) is 0 Å². The van der Waals surface area contributed by atoms with Gasteiger partial charge in [-0.25, -0.2) is 4.79 Å². The number of para-hydroxylation sites is 1. The minimum atomic E-state index is -4.43. The smallest absolute Gasteiger partial charge is 0.416 e. The van der Waals surface area contributed by atoms with Crippen LogP contribution in [0.3, 0.4) is 0 Å². The third kappa shape index (κ3) is 5.03. The molecule has 0 aliphatic heterocycles. The normalized spacial score (nSPS) is 14.1. The number of carbonyl (C=O) groups is 2. The van der Waals surface area contributed by atoms with E-state index in [4.69, 9.17) is 10.5 Å². The zero-order valence-electron chi connectivity index (χ0n) is 18.5. The van der Waals surface area contributed by atoms with Crippen LogP contribution in [0.5, 0.6) is 5.75 Å². The highest BCUT2D eigenvalue weighted by molar-refractivity contribution is 6.05. The van der Waals surface area contributed by atoms with Crippen molar-refractivity contribution in [2.24, 2.45) is 11.7 Å². The number of ether oxygens (including phenoxy) is 1. The number of aliphatic carboxylic acids is 1. The molecule has 0 radical (unpaired) electrons. The van der Waals surface area contributed by atoms with Gasteiger partial charge in [0, 0.05) is 17.2 Å². The van der Waals surface area contributed by atoms with Gasteiger partial charge in [-0.15, -0.1) is 0 Å². The Morgan fingerprint density at radius 3 is 2.15 bits per heavy atom.